The van der Waals surface area contributed by atoms with Gasteiger partial charge < -0.3 is 22.1 Å². The maximum Gasteiger partial charge on any atom is 0.251 e. The van der Waals surface area contributed by atoms with Gasteiger partial charge in [-0.3, -0.25) is 10.6 Å². The van der Waals surface area contributed by atoms with Gasteiger partial charge in [0, 0.05) is 19.6 Å². The first-order valence-corrected chi connectivity index (χ1v) is 7.57. The normalized spacial score (nSPS) is 11.3. The van der Waals surface area contributed by atoms with Crippen LogP contribution in [0.5, 0.6) is 0 Å². The van der Waals surface area contributed by atoms with Gasteiger partial charge in [-0.05, 0) is 38.8 Å². The smallest absolute Gasteiger partial charge is 0.251 e. The second-order valence-corrected chi connectivity index (χ2v) is 5.02. The van der Waals surface area contributed by atoms with Gasteiger partial charge in [0.2, 0.25) is 0 Å². The fraction of sp³-hybridized carbons (Fsp3) is 0.923. The predicted octanol–water partition coefficient (Wildman–Crippen LogP) is -0.918. The van der Waals surface area contributed by atoms with E-state index in [0.717, 1.165) is 51.9 Å². The second-order valence-electron chi connectivity index (χ2n) is 5.02. The molecule has 0 saturated carbocycles. The first-order chi connectivity index (χ1) is 9.57. The summed E-state index contributed by atoms with van der Waals surface area (Å²) in [4.78, 5) is 11.1. The molecule has 0 unspecified atom stereocenters. The van der Waals surface area contributed by atoms with E-state index >= 15 is 0 Å². The summed E-state index contributed by atoms with van der Waals surface area (Å²) in [5.41, 5.74) is 10.4. The number of rotatable bonds is 13. The summed E-state index contributed by atoms with van der Waals surface area (Å²) in [6.07, 6.45) is 4.51. The summed E-state index contributed by atoms with van der Waals surface area (Å²) in [6, 6.07) is 0. The Morgan fingerprint density at radius 1 is 1.05 bits per heavy atom. The van der Waals surface area contributed by atoms with Gasteiger partial charge in [0.25, 0.3) is 5.91 Å². The van der Waals surface area contributed by atoms with Gasteiger partial charge in [-0.2, -0.15) is 0 Å². The monoisotopic (exact) mass is 288 g/mol. The van der Waals surface area contributed by atoms with Gasteiger partial charge in [-0.1, -0.05) is 13.3 Å². The number of nitrogens with two attached hydrogens (primary N) is 3. The lowest BCUT2D eigenvalue weighted by Crippen LogP contribution is -2.47. The number of nitrogens with zero attached hydrogens (tertiary/aromatic N) is 1. The third-order valence-corrected chi connectivity index (χ3v) is 2.98. The van der Waals surface area contributed by atoms with Crippen LogP contribution in [0.3, 0.4) is 0 Å². The molecule has 1 amide bonds. The molecule has 0 spiro atoms. The number of hydrogen-bond donors (Lipinski definition) is 5. The van der Waals surface area contributed by atoms with Gasteiger partial charge in [0.15, 0.2) is 0 Å². The summed E-state index contributed by atoms with van der Waals surface area (Å²) in [5.74, 6) is 5.54. The van der Waals surface area contributed by atoms with Crippen molar-refractivity contribution in [3.05, 3.63) is 0 Å². The summed E-state index contributed by atoms with van der Waals surface area (Å²) in [6.45, 7) is 6.55. The van der Waals surface area contributed by atoms with E-state index < -0.39 is 6.17 Å². The van der Waals surface area contributed by atoms with Crippen molar-refractivity contribution < 1.29 is 4.79 Å². The molecule has 0 aromatic heterocycles. The number of amides is 1. The maximum absolute atomic E-state index is 11.1. The summed E-state index contributed by atoms with van der Waals surface area (Å²) >= 11 is 0. The van der Waals surface area contributed by atoms with Crippen molar-refractivity contribution in [1.82, 2.24) is 15.6 Å². The SMILES string of the molecule is CCCCN(N)CCCCNCCCNC(=O)C(N)N. The van der Waals surface area contributed by atoms with E-state index in [9.17, 15) is 4.79 Å². The number of unbranched alkanes of at least 4 members (excludes halogenated alkanes) is 2. The minimum Gasteiger partial charge on any atom is -0.354 e. The van der Waals surface area contributed by atoms with Crippen LogP contribution >= 0.6 is 0 Å². The van der Waals surface area contributed by atoms with E-state index in [2.05, 4.69) is 17.6 Å². The van der Waals surface area contributed by atoms with E-state index in [1.165, 1.54) is 6.42 Å². The quantitative estimate of drug-likeness (QED) is 0.129. The lowest BCUT2D eigenvalue weighted by molar-refractivity contribution is -0.122. The Hall–Kier alpha value is -0.730. The van der Waals surface area contributed by atoms with E-state index in [0.29, 0.717) is 6.54 Å². The number of nitrogens with one attached hydrogen (secondary N) is 2. The van der Waals surface area contributed by atoms with Crippen molar-refractivity contribution in [3.8, 4) is 0 Å². The highest BCUT2D eigenvalue weighted by atomic mass is 16.2. The van der Waals surface area contributed by atoms with Crippen LogP contribution in [0, 0.1) is 0 Å². The van der Waals surface area contributed by atoms with Gasteiger partial charge >= 0.3 is 0 Å². The molecule has 0 radical (unpaired) electrons. The van der Waals surface area contributed by atoms with Crippen molar-refractivity contribution >= 4 is 5.91 Å². The topological polar surface area (TPSA) is 122 Å². The first kappa shape index (κ1) is 19.3. The van der Waals surface area contributed by atoms with Crippen LogP contribution in [0.4, 0.5) is 0 Å². The Balaban J connectivity index is 3.19. The highest BCUT2D eigenvalue weighted by Gasteiger charge is 2.05. The van der Waals surface area contributed by atoms with Crippen LogP contribution in [0.25, 0.3) is 0 Å². The molecule has 20 heavy (non-hydrogen) atoms. The Bertz CT molecular complexity index is 237. The Labute approximate surface area is 122 Å². The number of hydrogen-bond acceptors (Lipinski definition) is 6. The fourth-order valence-corrected chi connectivity index (χ4v) is 1.71. The molecule has 7 nitrogen and oxygen atoms in total. The molecule has 0 aliphatic carbocycles. The largest absolute Gasteiger partial charge is 0.354 e. The molecule has 0 heterocycles. The zero-order valence-corrected chi connectivity index (χ0v) is 12.7. The molecule has 0 aromatic carbocycles. The summed E-state index contributed by atoms with van der Waals surface area (Å²) in [7, 11) is 0. The van der Waals surface area contributed by atoms with Crippen LogP contribution in [0.1, 0.15) is 39.0 Å². The molecule has 0 aliphatic rings. The van der Waals surface area contributed by atoms with Crippen molar-refractivity contribution in [2.24, 2.45) is 17.3 Å². The standard InChI is InChI=1S/C13H32N6O/c1-2-3-10-19(16)11-5-4-7-17-8-6-9-18-13(20)12(14)15/h12,17H,2-11,14-16H2,1H3,(H,18,20). The molecular formula is C13H32N6O. The molecule has 8 N–H and O–H groups in total. The minimum absolute atomic E-state index is 0.305. The van der Waals surface area contributed by atoms with Gasteiger partial charge in [0.05, 0.1) is 0 Å². The second kappa shape index (κ2) is 13.3. The number of hydrazine groups is 1. The molecule has 120 valence electrons. The molecular weight excluding hydrogens is 256 g/mol. The molecule has 0 saturated heterocycles. The van der Waals surface area contributed by atoms with Crippen LogP contribution in [0.2, 0.25) is 0 Å². The third-order valence-electron chi connectivity index (χ3n) is 2.98. The van der Waals surface area contributed by atoms with E-state index in [-0.39, 0.29) is 5.91 Å². The van der Waals surface area contributed by atoms with Crippen LogP contribution in [-0.2, 0) is 4.79 Å². The lowest BCUT2D eigenvalue weighted by atomic mass is 10.2. The van der Waals surface area contributed by atoms with Crippen molar-refractivity contribution in [1.29, 1.82) is 0 Å². The van der Waals surface area contributed by atoms with Crippen LogP contribution in [-0.4, -0.2) is 49.8 Å². The third kappa shape index (κ3) is 12.3. The summed E-state index contributed by atoms with van der Waals surface area (Å²) in [5, 5.41) is 7.90. The minimum atomic E-state index is -0.921. The molecule has 7 heteroatoms. The predicted molar refractivity (Wildman–Crippen MR) is 82.6 cm³/mol. The van der Waals surface area contributed by atoms with E-state index in [1.807, 2.05) is 5.01 Å². The molecule has 0 aliphatic heterocycles. The van der Waals surface area contributed by atoms with Crippen molar-refractivity contribution in [2.75, 3.05) is 32.7 Å². The average molecular weight is 288 g/mol. The van der Waals surface area contributed by atoms with E-state index in [1.54, 1.807) is 0 Å². The lowest BCUT2D eigenvalue weighted by Gasteiger charge is -2.15. The summed E-state index contributed by atoms with van der Waals surface area (Å²) < 4.78 is 0. The number of carbonyl (C=O) groups is 1. The molecule has 0 aromatic rings. The Kier molecular flexibility index (Phi) is 12.8. The first-order valence-electron chi connectivity index (χ1n) is 7.57. The van der Waals surface area contributed by atoms with Gasteiger partial charge in [-0.25, -0.2) is 5.01 Å². The van der Waals surface area contributed by atoms with Crippen molar-refractivity contribution in [2.45, 2.75) is 45.2 Å². The molecule has 0 fully saturated rings. The highest BCUT2D eigenvalue weighted by molar-refractivity contribution is 5.80. The van der Waals surface area contributed by atoms with Crippen LogP contribution in [0.15, 0.2) is 0 Å². The zero-order valence-electron chi connectivity index (χ0n) is 12.7. The Morgan fingerprint density at radius 3 is 2.35 bits per heavy atom. The average Bonchev–Trinajstić information content (AvgIpc) is 2.42. The zero-order chi connectivity index (χ0) is 15.2. The van der Waals surface area contributed by atoms with Gasteiger partial charge in [0.1, 0.15) is 6.17 Å². The number of carbonyl (C=O) groups excluding carboxylic acids is 1. The van der Waals surface area contributed by atoms with E-state index in [4.69, 9.17) is 17.3 Å². The van der Waals surface area contributed by atoms with Crippen molar-refractivity contribution in [3.63, 3.8) is 0 Å². The van der Waals surface area contributed by atoms with Crippen LogP contribution < -0.4 is 27.9 Å². The Morgan fingerprint density at radius 2 is 1.70 bits per heavy atom. The van der Waals surface area contributed by atoms with Gasteiger partial charge in [-0.15, -0.1) is 0 Å². The maximum atomic E-state index is 11.1. The molecule has 0 bridgehead atoms. The fourth-order valence-electron chi connectivity index (χ4n) is 1.71. The molecule has 0 rings (SSSR count). The highest BCUT2D eigenvalue weighted by Crippen LogP contribution is 1.93. The molecule has 0 atom stereocenters.